The number of methoxy groups -OCH3 is 1. The minimum atomic E-state index is -0.855. The molecular formula is C29H29ClFN5O5. The maximum atomic E-state index is 14.6. The Labute approximate surface area is 241 Å². The van der Waals surface area contributed by atoms with Crippen molar-refractivity contribution in [1.82, 2.24) is 14.9 Å². The van der Waals surface area contributed by atoms with Crippen LogP contribution in [0.4, 0.5) is 25.4 Å². The summed E-state index contributed by atoms with van der Waals surface area (Å²) in [7, 11) is 1.27. The summed E-state index contributed by atoms with van der Waals surface area (Å²) in [5.74, 6) is -1.18. The molecule has 2 N–H and O–H groups in total. The Kier molecular flexibility index (Phi) is 8.34. The second kappa shape index (κ2) is 12.1. The Morgan fingerprint density at radius 3 is 2.73 bits per heavy atom. The van der Waals surface area contributed by atoms with Crippen LogP contribution in [0.1, 0.15) is 56.1 Å². The first-order valence-corrected chi connectivity index (χ1v) is 13.7. The van der Waals surface area contributed by atoms with E-state index in [2.05, 4.69) is 25.3 Å². The molecule has 3 aromatic rings. The van der Waals surface area contributed by atoms with Gasteiger partial charge in [-0.1, -0.05) is 31.0 Å². The number of carbonyl (C=O) groups excluding carboxylic acids is 3. The van der Waals surface area contributed by atoms with Gasteiger partial charge in [0.1, 0.15) is 5.69 Å². The number of hydrogen-bond donors (Lipinski definition) is 2. The molecule has 1 aromatic carbocycles. The lowest BCUT2D eigenvalue weighted by molar-refractivity contribution is -0.119. The molecule has 214 valence electrons. The largest absolute Gasteiger partial charge is 0.453 e. The van der Waals surface area contributed by atoms with Crippen molar-refractivity contribution < 1.29 is 28.2 Å². The summed E-state index contributed by atoms with van der Waals surface area (Å²) in [5, 5.41) is 5.53. The zero-order valence-electron chi connectivity index (χ0n) is 22.5. The first-order valence-electron chi connectivity index (χ1n) is 13.3. The predicted molar refractivity (Wildman–Crippen MR) is 150 cm³/mol. The Balaban J connectivity index is 1.47. The van der Waals surface area contributed by atoms with E-state index < -0.39 is 30.1 Å². The van der Waals surface area contributed by atoms with Gasteiger partial charge in [0, 0.05) is 42.5 Å². The third kappa shape index (κ3) is 6.09. The molecule has 3 amide bonds. The topological polar surface area (TPSA) is 123 Å². The Hall–Kier alpha value is -4.25. The molecule has 1 fully saturated rings. The van der Waals surface area contributed by atoms with Crippen molar-refractivity contribution in [2.24, 2.45) is 5.92 Å². The minimum absolute atomic E-state index is 0.00168. The molecule has 41 heavy (non-hydrogen) atoms. The van der Waals surface area contributed by atoms with Gasteiger partial charge >= 0.3 is 12.2 Å². The molecule has 3 atom stereocenters. The van der Waals surface area contributed by atoms with Gasteiger partial charge in [-0.15, -0.1) is 0 Å². The number of pyridine rings is 2. The van der Waals surface area contributed by atoms with Crippen LogP contribution < -0.4 is 10.6 Å². The number of benzene rings is 1. The number of nitrogens with one attached hydrogen (secondary N) is 2. The molecule has 2 aliphatic heterocycles. The minimum Gasteiger partial charge on any atom is -0.453 e. The first-order chi connectivity index (χ1) is 19.7. The standard InChI is InChI=1S/C29H29ClFN5O5/c1-16-4-3-5-23(36-13-10-24(41-29(36)39)26-25(31)20(30)9-12-33-26)22-14-17(8-11-32-22)19-7-6-18(34-28(38)40-2)15-21(19)35-27(16)37/h6-9,11-12,14-16,23-24H,3-5,10,13H2,1-2H3,(H,34,38)(H,35,37)/t16-,23+,24+/m1/s1. The van der Waals surface area contributed by atoms with E-state index in [0.717, 1.165) is 5.56 Å². The molecule has 4 heterocycles. The van der Waals surface area contributed by atoms with E-state index in [9.17, 15) is 18.8 Å². The van der Waals surface area contributed by atoms with Crippen LogP contribution in [0.2, 0.25) is 5.02 Å². The molecule has 2 aliphatic rings. The summed E-state index contributed by atoms with van der Waals surface area (Å²) in [6.07, 6.45) is 3.03. The van der Waals surface area contributed by atoms with E-state index in [0.29, 0.717) is 54.9 Å². The van der Waals surface area contributed by atoms with E-state index in [4.69, 9.17) is 16.3 Å². The quantitative estimate of drug-likeness (QED) is 0.362. The number of nitrogens with zero attached hydrogens (tertiary/aromatic N) is 3. The highest BCUT2D eigenvalue weighted by atomic mass is 35.5. The highest BCUT2D eigenvalue weighted by molar-refractivity contribution is 6.30. The first kappa shape index (κ1) is 28.3. The fraction of sp³-hybridized carbons (Fsp3) is 0.345. The van der Waals surface area contributed by atoms with Crippen LogP contribution in [-0.4, -0.2) is 46.6 Å². The summed E-state index contributed by atoms with van der Waals surface area (Å²) in [6.45, 7) is 2.14. The lowest BCUT2D eigenvalue weighted by atomic mass is 9.94. The summed E-state index contributed by atoms with van der Waals surface area (Å²) < 4.78 is 24.9. The average Bonchev–Trinajstić information content (AvgIpc) is 2.96. The van der Waals surface area contributed by atoms with Gasteiger partial charge in [-0.3, -0.25) is 25.0 Å². The second-order valence-corrected chi connectivity index (χ2v) is 10.4. The molecule has 1 saturated heterocycles. The van der Waals surface area contributed by atoms with Crippen LogP contribution in [0.25, 0.3) is 11.1 Å². The van der Waals surface area contributed by atoms with Gasteiger partial charge in [0.25, 0.3) is 0 Å². The lowest BCUT2D eigenvalue weighted by Crippen LogP contribution is -2.42. The Morgan fingerprint density at radius 1 is 1.15 bits per heavy atom. The van der Waals surface area contributed by atoms with Crippen molar-refractivity contribution in [2.45, 2.75) is 44.8 Å². The summed E-state index contributed by atoms with van der Waals surface area (Å²) in [4.78, 5) is 48.4. The molecular weight excluding hydrogens is 553 g/mol. The molecule has 0 unspecified atom stereocenters. The zero-order valence-corrected chi connectivity index (χ0v) is 23.3. The fourth-order valence-electron chi connectivity index (χ4n) is 5.14. The maximum Gasteiger partial charge on any atom is 0.411 e. The van der Waals surface area contributed by atoms with Crippen molar-refractivity contribution in [3.63, 3.8) is 0 Å². The maximum absolute atomic E-state index is 14.6. The number of rotatable bonds is 3. The van der Waals surface area contributed by atoms with E-state index in [-0.39, 0.29) is 22.5 Å². The molecule has 2 aromatic heterocycles. The van der Waals surface area contributed by atoms with Gasteiger partial charge in [0.2, 0.25) is 5.91 Å². The molecule has 5 rings (SSSR count). The van der Waals surface area contributed by atoms with Crippen LogP contribution in [0, 0.1) is 11.7 Å². The number of ether oxygens (including phenoxy) is 2. The number of hydrogen-bond acceptors (Lipinski definition) is 7. The molecule has 0 aliphatic carbocycles. The lowest BCUT2D eigenvalue weighted by Gasteiger charge is -2.37. The van der Waals surface area contributed by atoms with Crippen molar-refractivity contribution in [2.75, 3.05) is 24.3 Å². The molecule has 10 nitrogen and oxygen atoms in total. The number of halogens is 2. The van der Waals surface area contributed by atoms with Gasteiger partial charge in [0.05, 0.1) is 29.6 Å². The summed E-state index contributed by atoms with van der Waals surface area (Å²) in [5.41, 5.74) is 3.11. The Morgan fingerprint density at radius 2 is 1.95 bits per heavy atom. The van der Waals surface area contributed by atoms with Crippen LogP contribution in [0.15, 0.2) is 48.8 Å². The van der Waals surface area contributed by atoms with Crippen molar-refractivity contribution >= 4 is 41.1 Å². The van der Waals surface area contributed by atoms with E-state index in [1.165, 1.54) is 19.4 Å². The average molecular weight is 582 g/mol. The third-order valence-electron chi connectivity index (χ3n) is 7.37. The highest BCUT2D eigenvalue weighted by Crippen LogP contribution is 2.38. The van der Waals surface area contributed by atoms with Crippen LogP contribution in [-0.2, 0) is 14.3 Å². The molecule has 0 radical (unpaired) electrons. The summed E-state index contributed by atoms with van der Waals surface area (Å²) >= 11 is 5.91. The van der Waals surface area contributed by atoms with Gasteiger partial charge in [-0.25, -0.2) is 14.0 Å². The monoisotopic (exact) mass is 581 g/mol. The van der Waals surface area contributed by atoms with Gasteiger partial charge in [0.15, 0.2) is 11.9 Å². The zero-order chi connectivity index (χ0) is 29.1. The van der Waals surface area contributed by atoms with Gasteiger partial charge < -0.3 is 14.8 Å². The SMILES string of the molecule is COC(=O)Nc1ccc2c(c1)NC(=O)[C@H](C)CCC[C@H](N1CC[C@@H](c3nccc(Cl)c3F)OC1=O)c1cc-2ccn1. The van der Waals surface area contributed by atoms with Gasteiger partial charge in [-0.2, -0.15) is 0 Å². The number of anilines is 2. The molecule has 12 heteroatoms. The second-order valence-electron chi connectivity index (χ2n) is 10.0. The van der Waals surface area contributed by atoms with E-state index in [1.807, 2.05) is 19.1 Å². The van der Waals surface area contributed by atoms with Crippen molar-refractivity contribution in [3.05, 3.63) is 71.0 Å². The number of cyclic esters (lactones) is 1. The molecule has 0 saturated carbocycles. The number of fused-ring (bicyclic) bond motifs is 4. The summed E-state index contributed by atoms with van der Waals surface area (Å²) in [6, 6.07) is 9.77. The Bertz CT molecular complexity index is 1490. The predicted octanol–water partition coefficient (Wildman–Crippen LogP) is 6.50. The molecule has 0 spiro atoms. The van der Waals surface area contributed by atoms with E-state index in [1.54, 1.807) is 29.3 Å². The van der Waals surface area contributed by atoms with E-state index >= 15 is 0 Å². The third-order valence-corrected chi connectivity index (χ3v) is 7.66. The van der Waals surface area contributed by atoms with Crippen LogP contribution >= 0.6 is 11.6 Å². The normalized spacial score (nSPS) is 21.0. The van der Waals surface area contributed by atoms with Crippen LogP contribution in [0.3, 0.4) is 0 Å². The number of amides is 3. The number of carbonyl (C=O) groups is 3. The number of aromatic nitrogens is 2. The van der Waals surface area contributed by atoms with Crippen LogP contribution in [0.5, 0.6) is 0 Å². The smallest absolute Gasteiger partial charge is 0.411 e. The molecule has 2 bridgehead atoms. The van der Waals surface area contributed by atoms with Crippen molar-refractivity contribution in [3.8, 4) is 11.1 Å². The van der Waals surface area contributed by atoms with Crippen molar-refractivity contribution in [1.29, 1.82) is 0 Å². The highest BCUT2D eigenvalue weighted by Gasteiger charge is 2.36. The fourth-order valence-corrected chi connectivity index (χ4v) is 5.30. The van der Waals surface area contributed by atoms with Gasteiger partial charge in [-0.05, 0) is 48.7 Å².